The maximum Gasteiger partial charge on any atom is 0.407 e. The smallest absolute Gasteiger partial charge is 0.407 e. The van der Waals surface area contributed by atoms with Crippen LogP contribution in [0.4, 0.5) is 9.59 Å². The van der Waals surface area contributed by atoms with Crippen LogP contribution in [0.25, 0.3) is 5.69 Å². The van der Waals surface area contributed by atoms with E-state index < -0.39 is 23.4 Å². The summed E-state index contributed by atoms with van der Waals surface area (Å²) in [6.07, 6.45) is 4.08. The minimum atomic E-state index is -0.782. The molecule has 1 aliphatic rings. The van der Waals surface area contributed by atoms with Gasteiger partial charge in [0, 0.05) is 19.1 Å². The number of nitrogens with zero attached hydrogens (tertiary/aromatic N) is 5. The van der Waals surface area contributed by atoms with Crippen molar-refractivity contribution in [1.29, 1.82) is 0 Å². The molecule has 2 aromatic rings. The van der Waals surface area contributed by atoms with E-state index in [4.69, 9.17) is 27.9 Å². The Labute approximate surface area is 201 Å². The lowest BCUT2D eigenvalue weighted by Crippen LogP contribution is -2.50. The zero-order valence-corrected chi connectivity index (χ0v) is 20.4. The average Bonchev–Trinajstić information content (AvgIpc) is 3.11. The van der Waals surface area contributed by atoms with Crippen molar-refractivity contribution in [3.05, 3.63) is 38.7 Å². The molecule has 1 N–H and O–H groups in total. The van der Waals surface area contributed by atoms with Gasteiger partial charge in [0.2, 0.25) is 0 Å². The van der Waals surface area contributed by atoms with E-state index in [1.54, 1.807) is 43.9 Å². The van der Waals surface area contributed by atoms with Crippen molar-refractivity contribution in [3.8, 4) is 5.69 Å². The highest BCUT2D eigenvalue weighted by Crippen LogP contribution is 2.26. The van der Waals surface area contributed by atoms with Gasteiger partial charge in [0.1, 0.15) is 11.3 Å². The topological polar surface area (TPSA) is 111 Å². The molecule has 10 nitrogen and oxygen atoms in total. The first kappa shape index (κ1) is 25.0. The summed E-state index contributed by atoms with van der Waals surface area (Å²) in [5, 5.41) is 10.7. The molecule has 1 aromatic heterocycles. The Balaban J connectivity index is 1.81. The normalized spacial score (nSPS) is 14.7. The Morgan fingerprint density at radius 1 is 1.15 bits per heavy atom. The highest BCUT2D eigenvalue weighted by molar-refractivity contribution is 6.37. The van der Waals surface area contributed by atoms with E-state index in [9.17, 15) is 14.4 Å². The fourth-order valence-electron chi connectivity index (χ4n) is 3.74. The van der Waals surface area contributed by atoms with Crippen LogP contribution in [-0.2, 0) is 4.74 Å². The number of benzene rings is 1. The minimum absolute atomic E-state index is 0.0763. The Morgan fingerprint density at radius 3 is 2.39 bits per heavy atom. The molecule has 1 fully saturated rings. The summed E-state index contributed by atoms with van der Waals surface area (Å²) in [5.41, 5.74) is -1.26. The molecule has 0 radical (unpaired) electrons. The van der Waals surface area contributed by atoms with Crippen LogP contribution in [0, 0.1) is 0 Å². The van der Waals surface area contributed by atoms with Crippen molar-refractivity contribution in [1.82, 2.24) is 30.0 Å². The van der Waals surface area contributed by atoms with Crippen LogP contribution in [0.3, 0.4) is 0 Å². The fourth-order valence-corrected chi connectivity index (χ4v) is 4.30. The number of rotatable bonds is 5. The van der Waals surface area contributed by atoms with Crippen LogP contribution >= 0.6 is 23.2 Å². The number of tetrazole rings is 1. The predicted molar refractivity (Wildman–Crippen MR) is 124 cm³/mol. The third-order valence-corrected chi connectivity index (χ3v) is 5.80. The molecular formula is C21H28Cl2N6O4. The number of carbonyl (C=O) groups is 2. The highest BCUT2D eigenvalue weighted by atomic mass is 35.5. The summed E-state index contributed by atoms with van der Waals surface area (Å²) in [6, 6.07) is 4.07. The van der Waals surface area contributed by atoms with Crippen molar-refractivity contribution < 1.29 is 14.3 Å². The molecule has 0 unspecified atom stereocenters. The zero-order valence-electron chi connectivity index (χ0n) is 18.9. The van der Waals surface area contributed by atoms with E-state index in [-0.39, 0.29) is 34.9 Å². The predicted octanol–water partition coefficient (Wildman–Crippen LogP) is 3.86. The van der Waals surface area contributed by atoms with E-state index >= 15 is 0 Å². The number of amides is 2. The minimum Gasteiger partial charge on any atom is -0.444 e. The van der Waals surface area contributed by atoms with Gasteiger partial charge in [-0.3, -0.25) is 0 Å². The van der Waals surface area contributed by atoms with Gasteiger partial charge in [-0.2, -0.15) is 4.68 Å². The number of carbonyl (C=O) groups excluding carboxylic acids is 2. The molecule has 1 aromatic carbocycles. The van der Waals surface area contributed by atoms with Gasteiger partial charge in [0.25, 0.3) is 0 Å². The number of halogens is 2. The lowest BCUT2D eigenvalue weighted by Gasteiger charge is -2.33. The molecule has 0 saturated heterocycles. The molecule has 0 aliphatic heterocycles. The maximum absolute atomic E-state index is 13.3. The molecule has 180 valence electrons. The number of hydrogen-bond donors (Lipinski definition) is 1. The summed E-state index contributed by atoms with van der Waals surface area (Å²) in [7, 11) is 0. The van der Waals surface area contributed by atoms with Gasteiger partial charge >= 0.3 is 17.8 Å². The lowest BCUT2D eigenvalue weighted by atomic mass is 9.94. The van der Waals surface area contributed by atoms with Gasteiger partial charge in [-0.1, -0.05) is 48.5 Å². The molecular weight excluding hydrogens is 471 g/mol. The first-order valence-corrected chi connectivity index (χ1v) is 11.6. The fraction of sp³-hybridized carbons (Fsp3) is 0.571. The number of nitrogens with one attached hydrogen (secondary N) is 1. The van der Waals surface area contributed by atoms with Gasteiger partial charge in [-0.25, -0.2) is 14.4 Å². The standard InChI is InChI=1S/C21H28Cl2N6O4/c1-21(2,3)33-18(30)24-12-13-27(14-8-5-4-6-9-14)19(31)29-20(32)28(25-26-29)17-15(22)10-7-11-16(17)23/h7,10-11,14H,4-6,8-9,12-13H2,1-3H3,(H,24,30). The molecule has 1 aliphatic carbocycles. The highest BCUT2D eigenvalue weighted by Gasteiger charge is 2.30. The van der Waals surface area contributed by atoms with Gasteiger partial charge in [-0.15, -0.1) is 4.68 Å². The monoisotopic (exact) mass is 498 g/mol. The van der Waals surface area contributed by atoms with Crippen LogP contribution in [-0.4, -0.2) is 61.5 Å². The molecule has 2 amide bonds. The number of aromatic nitrogens is 4. The van der Waals surface area contributed by atoms with Crippen molar-refractivity contribution in [2.24, 2.45) is 0 Å². The Morgan fingerprint density at radius 2 is 1.79 bits per heavy atom. The first-order valence-electron chi connectivity index (χ1n) is 10.9. The van der Waals surface area contributed by atoms with E-state index in [0.717, 1.165) is 36.8 Å². The number of hydrogen-bond acceptors (Lipinski definition) is 6. The van der Waals surface area contributed by atoms with Crippen LogP contribution in [0.5, 0.6) is 0 Å². The summed E-state index contributed by atoms with van der Waals surface area (Å²) in [6.45, 7) is 5.66. The third-order valence-electron chi connectivity index (χ3n) is 5.19. The second-order valence-electron chi connectivity index (χ2n) is 8.85. The summed E-state index contributed by atoms with van der Waals surface area (Å²) >= 11 is 12.4. The second-order valence-corrected chi connectivity index (χ2v) is 9.67. The van der Waals surface area contributed by atoms with Gasteiger partial charge < -0.3 is 15.0 Å². The van der Waals surface area contributed by atoms with Crippen molar-refractivity contribution >= 4 is 35.3 Å². The van der Waals surface area contributed by atoms with E-state index in [1.807, 2.05) is 0 Å². The molecule has 0 spiro atoms. The largest absolute Gasteiger partial charge is 0.444 e. The lowest BCUT2D eigenvalue weighted by molar-refractivity contribution is 0.0519. The van der Waals surface area contributed by atoms with Gasteiger partial charge in [0.15, 0.2) is 0 Å². The van der Waals surface area contributed by atoms with Crippen molar-refractivity contribution in [3.63, 3.8) is 0 Å². The number of ether oxygens (including phenoxy) is 1. The van der Waals surface area contributed by atoms with Crippen LogP contribution in [0.1, 0.15) is 52.9 Å². The molecule has 3 rings (SSSR count). The molecule has 12 heteroatoms. The SMILES string of the molecule is CC(C)(C)OC(=O)NCCN(C(=O)n1nnn(-c2c(Cl)cccc2Cl)c1=O)C1CCCCC1. The molecule has 1 heterocycles. The third kappa shape index (κ3) is 6.26. The Hall–Kier alpha value is -2.59. The molecule has 33 heavy (non-hydrogen) atoms. The molecule has 1 saturated carbocycles. The average molecular weight is 499 g/mol. The number of para-hydroxylation sites is 1. The molecule has 0 atom stereocenters. The quantitative estimate of drug-likeness (QED) is 0.626. The first-order chi connectivity index (χ1) is 15.6. The van der Waals surface area contributed by atoms with Gasteiger partial charge in [0.05, 0.1) is 10.0 Å². The van der Waals surface area contributed by atoms with E-state index in [0.29, 0.717) is 4.68 Å². The van der Waals surface area contributed by atoms with Crippen LogP contribution in [0.15, 0.2) is 23.0 Å². The number of alkyl carbamates (subject to hydrolysis) is 1. The van der Waals surface area contributed by atoms with Gasteiger partial charge in [-0.05, 0) is 56.2 Å². The summed E-state index contributed by atoms with van der Waals surface area (Å²) in [5.74, 6) is 0. The Kier molecular flexibility index (Phi) is 8.01. The zero-order chi connectivity index (χ0) is 24.2. The Bertz CT molecular complexity index is 1040. The van der Waals surface area contributed by atoms with Crippen molar-refractivity contribution in [2.75, 3.05) is 13.1 Å². The second kappa shape index (κ2) is 10.6. The summed E-state index contributed by atoms with van der Waals surface area (Å²) < 4.78 is 6.84. The van der Waals surface area contributed by atoms with E-state index in [2.05, 4.69) is 15.7 Å². The van der Waals surface area contributed by atoms with Crippen molar-refractivity contribution in [2.45, 2.75) is 64.5 Å². The van der Waals surface area contributed by atoms with E-state index in [1.165, 1.54) is 0 Å². The van der Waals surface area contributed by atoms with Crippen LogP contribution < -0.4 is 11.0 Å². The summed E-state index contributed by atoms with van der Waals surface area (Å²) in [4.78, 5) is 39.9. The maximum atomic E-state index is 13.3. The van der Waals surface area contributed by atoms with Crippen LogP contribution in [0.2, 0.25) is 10.0 Å². The molecule has 0 bridgehead atoms.